The molecular formula is C21H31N5O2. The number of carbonyl (C=O) groups excluding carboxylic acids is 1. The second-order valence-corrected chi connectivity index (χ2v) is 8.81. The quantitative estimate of drug-likeness (QED) is 0.849. The lowest BCUT2D eigenvalue weighted by molar-refractivity contribution is -0.121. The average molecular weight is 386 g/mol. The minimum absolute atomic E-state index is 0.0890. The Bertz CT molecular complexity index is 833. The molecule has 0 aromatic carbocycles. The van der Waals surface area contributed by atoms with E-state index in [0.717, 1.165) is 42.8 Å². The summed E-state index contributed by atoms with van der Waals surface area (Å²) in [6.07, 6.45) is 6.78. The Kier molecular flexibility index (Phi) is 5.51. The van der Waals surface area contributed by atoms with Crippen molar-refractivity contribution in [2.75, 3.05) is 18.0 Å². The molecule has 3 heterocycles. The summed E-state index contributed by atoms with van der Waals surface area (Å²) in [4.78, 5) is 24.1. The fourth-order valence-electron chi connectivity index (χ4n) is 4.78. The first-order valence-electron chi connectivity index (χ1n) is 10.7. The number of amides is 1. The van der Waals surface area contributed by atoms with Crippen LogP contribution in [-0.2, 0) is 11.2 Å². The average Bonchev–Trinajstić information content (AvgIpc) is 3.28. The maximum atomic E-state index is 12.3. The number of nitrogens with one attached hydrogen (secondary N) is 1. The number of aromatic nitrogens is 3. The molecule has 2 atom stereocenters. The third-order valence-electron chi connectivity index (χ3n) is 6.00. The molecule has 7 heteroatoms. The molecule has 4 rings (SSSR count). The van der Waals surface area contributed by atoms with Crippen LogP contribution in [0, 0.1) is 18.8 Å². The van der Waals surface area contributed by atoms with E-state index in [4.69, 9.17) is 9.51 Å². The van der Waals surface area contributed by atoms with Gasteiger partial charge in [0.05, 0.1) is 5.69 Å². The van der Waals surface area contributed by atoms with E-state index in [1.54, 1.807) is 0 Å². The third kappa shape index (κ3) is 4.13. The zero-order valence-corrected chi connectivity index (χ0v) is 17.2. The van der Waals surface area contributed by atoms with Crippen LogP contribution in [0.3, 0.4) is 0 Å². The van der Waals surface area contributed by atoms with Crippen LogP contribution in [0.15, 0.2) is 4.52 Å². The molecule has 1 aliphatic carbocycles. The monoisotopic (exact) mass is 385 g/mol. The molecule has 0 radical (unpaired) electrons. The van der Waals surface area contributed by atoms with Gasteiger partial charge in [0.1, 0.15) is 17.0 Å². The first-order valence-corrected chi connectivity index (χ1v) is 10.7. The van der Waals surface area contributed by atoms with E-state index in [9.17, 15) is 4.79 Å². The van der Waals surface area contributed by atoms with Gasteiger partial charge in [0.15, 0.2) is 0 Å². The first kappa shape index (κ1) is 19.2. The van der Waals surface area contributed by atoms with E-state index in [1.807, 2.05) is 6.92 Å². The van der Waals surface area contributed by atoms with Gasteiger partial charge >= 0.3 is 0 Å². The fraction of sp³-hybridized carbons (Fsp3) is 0.714. The Balaban J connectivity index is 1.53. The van der Waals surface area contributed by atoms with Crippen molar-refractivity contribution < 1.29 is 9.32 Å². The standard InChI is InChI=1S/C21H31N5O2/c1-13-10-14(2)12-26(11-13)20-19-15(3)25-28-21(19)24-17(23-20)8-9-18(27)22-16-6-4-5-7-16/h13-14,16H,4-12H2,1-3H3,(H,22,27). The predicted octanol–water partition coefficient (Wildman–Crippen LogP) is 3.40. The van der Waals surface area contributed by atoms with Gasteiger partial charge in [-0.3, -0.25) is 4.79 Å². The highest BCUT2D eigenvalue weighted by Gasteiger charge is 2.27. The molecule has 2 aromatic rings. The first-order chi connectivity index (χ1) is 13.5. The lowest BCUT2D eigenvalue weighted by Crippen LogP contribution is -2.39. The van der Waals surface area contributed by atoms with Gasteiger partial charge < -0.3 is 14.7 Å². The number of rotatable bonds is 5. The van der Waals surface area contributed by atoms with Crippen LogP contribution in [0.2, 0.25) is 0 Å². The Morgan fingerprint density at radius 1 is 1.18 bits per heavy atom. The molecule has 2 fully saturated rings. The van der Waals surface area contributed by atoms with Crippen molar-refractivity contribution in [1.29, 1.82) is 0 Å². The maximum absolute atomic E-state index is 12.3. The van der Waals surface area contributed by atoms with Gasteiger partial charge in [-0.2, -0.15) is 4.98 Å². The van der Waals surface area contributed by atoms with Crippen molar-refractivity contribution in [3.8, 4) is 0 Å². The van der Waals surface area contributed by atoms with Crippen LogP contribution in [-0.4, -0.2) is 40.2 Å². The van der Waals surface area contributed by atoms with Crippen molar-refractivity contribution in [1.82, 2.24) is 20.4 Å². The fourth-order valence-corrected chi connectivity index (χ4v) is 4.78. The van der Waals surface area contributed by atoms with E-state index in [0.29, 0.717) is 42.3 Å². The number of piperidine rings is 1. The van der Waals surface area contributed by atoms with Gasteiger partial charge in [-0.25, -0.2) is 4.98 Å². The highest BCUT2D eigenvalue weighted by Crippen LogP contribution is 2.32. The van der Waals surface area contributed by atoms with Crippen molar-refractivity contribution in [2.24, 2.45) is 11.8 Å². The topological polar surface area (TPSA) is 84.1 Å². The molecule has 0 spiro atoms. The summed E-state index contributed by atoms with van der Waals surface area (Å²) in [7, 11) is 0. The number of aryl methyl sites for hydroxylation is 2. The molecule has 2 unspecified atom stereocenters. The van der Waals surface area contributed by atoms with Crippen molar-refractivity contribution in [3.05, 3.63) is 11.5 Å². The van der Waals surface area contributed by atoms with Crippen LogP contribution >= 0.6 is 0 Å². The van der Waals surface area contributed by atoms with Crippen molar-refractivity contribution >= 4 is 22.8 Å². The number of hydrogen-bond donors (Lipinski definition) is 1. The van der Waals surface area contributed by atoms with Crippen molar-refractivity contribution in [3.63, 3.8) is 0 Å². The molecule has 152 valence electrons. The van der Waals surface area contributed by atoms with E-state index >= 15 is 0 Å². The van der Waals surface area contributed by atoms with E-state index in [-0.39, 0.29) is 5.91 Å². The molecule has 2 aromatic heterocycles. The molecule has 1 amide bonds. The molecule has 1 saturated carbocycles. The number of carbonyl (C=O) groups is 1. The highest BCUT2D eigenvalue weighted by molar-refractivity contribution is 5.88. The smallest absolute Gasteiger partial charge is 0.263 e. The minimum atomic E-state index is 0.0890. The number of nitrogens with zero attached hydrogens (tertiary/aromatic N) is 4. The Hall–Kier alpha value is -2.18. The SMILES string of the molecule is Cc1noc2nc(CCC(=O)NC3CCCC3)nc(N3CC(C)CC(C)C3)c12. The van der Waals surface area contributed by atoms with Crippen molar-refractivity contribution in [2.45, 2.75) is 71.8 Å². The molecule has 7 nitrogen and oxygen atoms in total. The number of fused-ring (bicyclic) bond motifs is 1. The second kappa shape index (κ2) is 8.05. The minimum Gasteiger partial charge on any atom is -0.355 e. The summed E-state index contributed by atoms with van der Waals surface area (Å²) in [6, 6.07) is 0.347. The molecule has 0 bridgehead atoms. The molecule has 1 N–H and O–H groups in total. The third-order valence-corrected chi connectivity index (χ3v) is 6.00. The van der Waals surface area contributed by atoms with Gasteiger partial charge in [0, 0.05) is 32.0 Å². The summed E-state index contributed by atoms with van der Waals surface area (Å²) >= 11 is 0. The summed E-state index contributed by atoms with van der Waals surface area (Å²) in [6.45, 7) is 8.46. The van der Waals surface area contributed by atoms with Gasteiger partial charge in [-0.05, 0) is 38.0 Å². The van der Waals surface area contributed by atoms with Crippen LogP contribution in [0.25, 0.3) is 11.1 Å². The van der Waals surface area contributed by atoms with Gasteiger partial charge in [-0.15, -0.1) is 0 Å². The number of anilines is 1. The zero-order valence-electron chi connectivity index (χ0n) is 17.2. The number of hydrogen-bond acceptors (Lipinski definition) is 6. The normalized spacial score (nSPS) is 23.5. The summed E-state index contributed by atoms with van der Waals surface area (Å²) < 4.78 is 5.46. The summed E-state index contributed by atoms with van der Waals surface area (Å²) in [5, 5.41) is 8.15. The van der Waals surface area contributed by atoms with Crippen LogP contribution in [0.4, 0.5) is 5.82 Å². The van der Waals surface area contributed by atoms with E-state index in [1.165, 1.54) is 19.3 Å². The Morgan fingerprint density at radius 3 is 2.61 bits per heavy atom. The Morgan fingerprint density at radius 2 is 1.89 bits per heavy atom. The largest absolute Gasteiger partial charge is 0.355 e. The van der Waals surface area contributed by atoms with Gasteiger partial charge in [-0.1, -0.05) is 31.8 Å². The van der Waals surface area contributed by atoms with Crippen LogP contribution in [0.1, 0.15) is 63.9 Å². The molecular weight excluding hydrogens is 354 g/mol. The lowest BCUT2D eigenvalue weighted by Gasteiger charge is -2.36. The van der Waals surface area contributed by atoms with E-state index in [2.05, 4.69) is 34.2 Å². The van der Waals surface area contributed by atoms with E-state index < -0.39 is 0 Å². The molecule has 28 heavy (non-hydrogen) atoms. The van der Waals surface area contributed by atoms with Crippen LogP contribution in [0.5, 0.6) is 0 Å². The lowest BCUT2D eigenvalue weighted by atomic mass is 9.92. The second-order valence-electron chi connectivity index (χ2n) is 8.81. The molecule has 2 aliphatic rings. The van der Waals surface area contributed by atoms with Gasteiger partial charge in [0.25, 0.3) is 5.71 Å². The molecule has 1 saturated heterocycles. The molecule has 1 aliphatic heterocycles. The zero-order chi connectivity index (χ0) is 19.7. The highest BCUT2D eigenvalue weighted by atomic mass is 16.5. The maximum Gasteiger partial charge on any atom is 0.263 e. The predicted molar refractivity (Wildman–Crippen MR) is 108 cm³/mol. The summed E-state index contributed by atoms with van der Waals surface area (Å²) in [5.74, 6) is 2.90. The Labute approximate surface area is 166 Å². The summed E-state index contributed by atoms with van der Waals surface area (Å²) in [5.41, 5.74) is 1.35. The van der Waals surface area contributed by atoms with Crippen LogP contribution < -0.4 is 10.2 Å². The van der Waals surface area contributed by atoms with Gasteiger partial charge in [0.2, 0.25) is 5.91 Å².